The van der Waals surface area contributed by atoms with Crippen LogP contribution in [0.25, 0.3) is 0 Å². The normalized spacial score (nSPS) is 20.4. The number of aryl methyl sites for hydroxylation is 1. The molecule has 3 aromatic carbocycles. The minimum Gasteiger partial charge on any atom is -0.489 e. The molecule has 0 aliphatic carbocycles. The summed E-state index contributed by atoms with van der Waals surface area (Å²) in [5.41, 5.74) is 3.26. The number of hydrogen-bond donors (Lipinski definition) is 1. The molecule has 0 saturated carbocycles. The quantitative estimate of drug-likeness (QED) is 0.255. The van der Waals surface area contributed by atoms with Crippen LogP contribution in [0.4, 0.5) is 5.69 Å². The number of aromatic nitrogens is 1. The Labute approximate surface area is 240 Å². The molecule has 6 nitrogen and oxygen atoms in total. The summed E-state index contributed by atoms with van der Waals surface area (Å²) < 4.78 is 7.07. The fraction of sp³-hybridized carbons (Fsp3) is 0.179. The van der Waals surface area contributed by atoms with Gasteiger partial charge in [-0.2, -0.15) is 0 Å². The second-order valence-corrected chi connectivity index (χ2v) is 12.7. The third-order valence-corrected chi connectivity index (χ3v) is 9.88. The number of carbonyl (C=O) groups excluding carboxylic acids is 2. The van der Waals surface area contributed by atoms with Gasteiger partial charge in [-0.15, -0.1) is 0 Å². The van der Waals surface area contributed by atoms with Crippen molar-refractivity contribution in [3.63, 3.8) is 0 Å². The SMILES string of the molecule is Cc1ccc(N2C(=O)C3Sc4[nH]c(=O)sc4[C@H](c4cc(Br)ccc4OCc4ccc(Cl)cc4)C3C2=O)cc1. The molecular weight excluding hydrogens is 608 g/mol. The number of H-pyrrole nitrogens is 1. The predicted molar refractivity (Wildman–Crippen MR) is 154 cm³/mol. The van der Waals surface area contributed by atoms with E-state index in [1.165, 1.54) is 16.7 Å². The van der Waals surface area contributed by atoms with Gasteiger partial charge in [-0.3, -0.25) is 14.4 Å². The van der Waals surface area contributed by atoms with E-state index in [0.717, 1.165) is 37.4 Å². The maximum absolute atomic E-state index is 14.0. The van der Waals surface area contributed by atoms with Crippen LogP contribution >= 0.6 is 50.6 Å². The highest BCUT2D eigenvalue weighted by atomic mass is 79.9. The van der Waals surface area contributed by atoms with E-state index >= 15 is 0 Å². The summed E-state index contributed by atoms with van der Waals surface area (Å²) in [4.78, 5) is 44.8. The molecule has 2 aliphatic rings. The zero-order valence-corrected chi connectivity index (χ0v) is 23.9. The lowest BCUT2D eigenvalue weighted by molar-refractivity contribution is -0.122. The smallest absolute Gasteiger partial charge is 0.305 e. The summed E-state index contributed by atoms with van der Waals surface area (Å²) in [7, 11) is 0. The van der Waals surface area contributed by atoms with Crippen molar-refractivity contribution in [1.29, 1.82) is 0 Å². The molecule has 1 fully saturated rings. The topological polar surface area (TPSA) is 79.5 Å². The van der Waals surface area contributed by atoms with Crippen molar-refractivity contribution in [3.8, 4) is 5.75 Å². The van der Waals surface area contributed by atoms with Gasteiger partial charge in [0.15, 0.2) is 0 Å². The standard InChI is InChI=1S/C28H20BrClN2O4S2/c1-14-2-9-18(10-3-14)32-26(33)22-21(23-25(31-28(35)38-23)37-24(22)27(32)34)19-12-16(29)6-11-20(19)36-13-15-4-7-17(30)8-5-15/h2-12,21-22,24H,13H2,1H3,(H,31,35)/t21-,22?,24?/m1/s1. The Kier molecular flexibility index (Phi) is 6.72. The zero-order chi connectivity index (χ0) is 26.6. The Bertz CT molecular complexity index is 1620. The van der Waals surface area contributed by atoms with Crippen molar-refractivity contribution in [2.75, 3.05) is 4.90 Å². The number of hydrogen-bond acceptors (Lipinski definition) is 6. The molecule has 10 heteroatoms. The van der Waals surface area contributed by atoms with Gasteiger partial charge in [-0.05, 0) is 55.0 Å². The van der Waals surface area contributed by atoms with Gasteiger partial charge in [0, 0.05) is 25.9 Å². The van der Waals surface area contributed by atoms with Gasteiger partial charge in [-0.1, -0.05) is 80.5 Å². The molecule has 0 spiro atoms. The van der Waals surface area contributed by atoms with E-state index < -0.39 is 17.1 Å². The number of aromatic amines is 1. The molecule has 1 saturated heterocycles. The van der Waals surface area contributed by atoms with E-state index in [1.54, 1.807) is 24.3 Å². The van der Waals surface area contributed by atoms with E-state index in [0.29, 0.717) is 28.1 Å². The van der Waals surface area contributed by atoms with Crippen molar-refractivity contribution in [3.05, 3.63) is 107 Å². The first-order chi connectivity index (χ1) is 18.3. The number of nitrogens with one attached hydrogen (secondary N) is 1. The van der Waals surface area contributed by atoms with Crippen LogP contribution in [0.1, 0.15) is 27.5 Å². The first-order valence-corrected chi connectivity index (χ1v) is 14.7. The Balaban J connectivity index is 1.44. The molecule has 1 aromatic heterocycles. The highest BCUT2D eigenvalue weighted by molar-refractivity contribution is 9.10. The summed E-state index contributed by atoms with van der Waals surface area (Å²) in [6, 6.07) is 20.4. The Morgan fingerprint density at radius 2 is 1.74 bits per heavy atom. The number of imide groups is 1. The largest absolute Gasteiger partial charge is 0.489 e. The van der Waals surface area contributed by atoms with Crippen LogP contribution in [0.3, 0.4) is 0 Å². The Morgan fingerprint density at radius 3 is 2.47 bits per heavy atom. The lowest BCUT2D eigenvalue weighted by Gasteiger charge is -2.31. The summed E-state index contributed by atoms with van der Waals surface area (Å²) in [6.45, 7) is 2.25. The van der Waals surface area contributed by atoms with Gasteiger partial charge >= 0.3 is 4.87 Å². The maximum Gasteiger partial charge on any atom is 0.305 e. The highest BCUT2D eigenvalue weighted by Crippen LogP contribution is 2.54. The molecule has 4 aromatic rings. The third kappa shape index (κ3) is 4.51. The average molecular weight is 628 g/mol. The monoisotopic (exact) mass is 626 g/mol. The zero-order valence-electron chi connectivity index (χ0n) is 19.9. The van der Waals surface area contributed by atoms with Crippen LogP contribution in [-0.4, -0.2) is 22.0 Å². The fourth-order valence-electron chi connectivity index (χ4n) is 4.94. The van der Waals surface area contributed by atoms with E-state index in [1.807, 2.05) is 49.4 Å². The molecule has 2 amide bonds. The number of anilines is 1. The number of halogens is 2. The molecule has 3 atom stereocenters. The molecule has 2 unspecified atom stereocenters. The second kappa shape index (κ2) is 10.0. The van der Waals surface area contributed by atoms with Crippen LogP contribution < -0.4 is 14.5 Å². The van der Waals surface area contributed by atoms with Crippen LogP contribution in [0.2, 0.25) is 5.02 Å². The van der Waals surface area contributed by atoms with E-state index in [2.05, 4.69) is 20.9 Å². The molecule has 2 aliphatic heterocycles. The first kappa shape index (κ1) is 25.4. The minimum absolute atomic E-state index is 0.221. The van der Waals surface area contributed by atoms with E-state index in [-0.39, 0.29) is 16.7 Å². The number of nitrogens with zero attached hydrogens (tertiary/aromatic N) is 1. The molecule has 1 N–H and O–H groups in total. The number of thiazole rings is 1. The maximum atomic E-state index is 14.0. The van der Waals surface area contributed by atoms with E-state index in [4.69, 9.17) is 16.3 Å². The summed E-state index contributed by atoms with van der Waals surface area (Å²) in [6.07, 6.45) is 0. The number of benzene rings is 3. The van der Waals surface area contributed by atoms with Crippen LogP contribution in [0.5, 0.6) is 5.75 Å². The molecule has 192 valence electrons. The van der Waals surface area contributed by atoms with Gasteiger partial charge in [0.05, 0.1) is 16.6 Å². The van der Waals surface area contributed by atoms with Crippen molar-refractivity contribution in [2.24, 2.45) is 5.92 Å². The molecule has 6 rings (SSSR count). The minimum atomic E-state index is -0.695. The Hall–Kier alpha value is -2.85. The predicted octanol–water partition coefficient (Wildman–Crippen LogP) is 6.54. The molecule has 3 heterocycles. The van der Waals surface area contributed by atoms with Gasteiger partial charge in [0.25, 0.3) is 0 Å². The lowest BCUT2D eigenvalue weighted by Crippen LogP contribution is -2.32. The summed E-state index contributed by atoms with van der Waals surface area (Å²) in [5, 5.41) is 0.595. The second-order valence-electron chi connectivity index (χ2n) is 9.19. The van der Waals surface area contributed by atoms with Crippen LogP contribution in [0.15, 0.2) is 81.0 Å². The first-order valence-electron chi connectivity index (χ1n) is 11.8. The van der Waals surface area contributed by atoms with Gasteiger partial charge < -0.3 is 9.72 Å². The molecule has 0 radical (unpaired) electrons. The van der Waals surface area contributed by atoms with Crippen molar-refractivity contribution in [2.45, 2.75) is 29.7 Å². The van der Waals surface area contributed by atoms with Gasteiger partial charge in [-0.25, -0.2) is 4.90 Å². The fourth-order valence-corrected chi connectivity index (χ4v) is 7.95. The van der Waals surface area contributed by atoms with Gasteiger partial charge in [0.2, 0.25) is 11.8 Å². The van der Waals surface area contributed by atoms with Crippen LogP contribution in [0, 0.1) is 12.8 Å². The number of carbonyl (C=O) groups is 2. The number of rotatable bonds is 5. The average Bonchev–Trinajstić information content (AvgIpc) is 3.39. The molecule has 0 bridgehead atoms. The van der Waals surface area contributed by atoms with E-state index in [9.17, 15) is 14.4 Å². The van der Waals surface area contributed by atoms with Crippen molar-refractivity contribution in [1.82, 2.24) is 4.98 Å². The van der Waals surface area contributed by atoms with Crippen molar-refractivity contribution < 1.29 is 14.3 Å². The van der Waals surface area contributed by atoms with Crippen molar-refractivity contribution >= 4 is 68.1 Å². The molecular formula is C28H20BrClN2O4S2. The third-order valence-electron chi connectivity index (χ3n) is 6.73. The number of thioether (sulfide) groups is 1. The van der Waals surface area contributed by atoms with Crippen LogP contribution in [-0.2, 0) is 16.2 Å². The van der Waals surface area contributed by atoms with Gasteiger partial charge in [0.1, 0.15) is 17.6 Å². The number of fused-ring (bicyclic) bond motifs is 2. The summed E-state index contributed by atoms with van der Waals surface area (Å²) in [5.74, 6) is -1.21. The molecule has 38 heavy (non-hydrogen) atoms. The Morgan fingerprint density at radius 1 is 1.00 bits per heavy atom. The number of amides is 2. The summed E-state index contributed by atoms with van der Waals surface area (Å²) >= 11 is 11.9. The number of ether oxygens (including phenoxy) is 1. The lowest BCUT2D eigenvalue weighted by atomic mass is 9.82. The highest BCUT2D eigenvalue weighted by Gasteiger charge is 2.56.